The van der Waals surface area contributed by atoms with Crippen molar-refractivity contribution in [3.05, 3.63) is 24.3 Å². The Morgan fingerprint density at radius 3 is 2.54 bits per heavy atom. The summed E-state index contributed by atoms with van der Waals surface area (Å²) < 4.78 is 35.9. The van der Waals surface area contributed by atoms with E-state index < -0.39 is 30.8 Å². The molecule has 24 heavy (non-hydrogen) atoms. The van der Waals surface area contributed by atoms with Gasteiger partial charge in [0.05, 0.1) is 32.7 Å². The van der Waals surface area contributed by atoms with Gasteiger partial charge < -0.3 is 14.8 Å². The van der Waals surface area contributed by atoms with Gasteiger partial charge in [0.1, 0.15) is 5.75 Å². The van der Waals surface area contributed by atoms with Gasteiger partial charge in [-0.15, -0.1) is 12.4 Å². The Labute approximate surface area is 144 Å². The van der Waals surface area contributed by atoms with Crippen LogP contribution < -0.4 is 15.4 Å². The summed E-state index contributed by atoms with van der Waals surface area (Å²) in [6, 6.07) is 5.52. The van der Waals surface area contributed by atoms with Crippen molar-refractivity contribution in [1.29, 1.82) is 0 Å². The Morgan fingerprint density at radius 1 is 1.33 bits per heavy atom. The fraction of sp³-hybridized carbons (Fsp3) is 0.467. The summed E-state index contributed by atoms with van der Waals surface area (Å²) in [4.78, 5) is 22.8. The quantitative estimate of drug-likeness (QED) is 0.755. The number of hydrogen-bond acceptors (Lipinski definition) is 5. The van der Waals surface area contributed by atoms with Gasteiger partial charge in [-0.05, 0) is 24.3 Å². The molecule has 1 heterocycles. The lowest BCUT2D eigenvalue weighted by Crippen LogP contribution is -2.35. The minimum atomic E-state index is -2.85. The van der Waals surface area contributed by atoms with Crippen molar-refractivity contribution in [2.45, 2.75) is 24.8 Å². The fourth-order valence-corrected chi connectivity index (χ4v) is 2.12. The average Bonchev–Trinajstić information content (AvgIpc) is 2.89. The van der Waals surface area contributed by atoms with Gasteiger partial charge in [-0.3, -0.25) is 14.9 Å². The normalized spacial score (nSPS) is 18.4. The minimum Gasteiger partial charge on any atom is -0.493 e. The van der Waals surface area contributed by atoms with E-state index in [1.54, 1.807) is 24.3 Å². The van der Waals surface area contributed by atoms with E-state index in [1.165, 1.54) is 7.11 Å². The van der Waals surface area contributed by atoms with Crippen LogP contribution in [0.2, 0.25) is 0 Å². The van der Waals surface area contributed by atoms with E-state index in [0.29, 0.717) is 11.4 Å². The first kappa shape index (κ1) is 20.1. The molecule has 2 rings (SSSR count). The predicted octanol–water partition coefficient (Wildman–Crippen LogP) is 1.99. The number of benzene rings is 1. The van der Waals surface area contributed by atoms with Gasteiger partial charge in [0.2, 0.25) is 5.91 Å². The van der Waals surface area contributed by atoms with E-state index in [0.717, 1.165) is 0 Å². The number of ether oxygens (including phenoxy) is 2. The van der Waals surface area contributed by atoms with Crippen LogP contribution in [0.4, 0.5) is 14.5 Å². The zero-order chi connectivity index (χ0) is 16.9. The largest absolute Gasteiger partial charge is 0.493 e. The monoisotopic (exact) mass is 364 g/mol. The highest BCUT2D eigenvalue weighted by atomic mass is 35.5. The summed E-state index contributed by atoms with van der Waals surface area (Å²) in [6.07, 6.45) is -0.371. The summed E-state index contributed by atoms with van der Waals surface area (Å²) in [5.41, 5.74) is 0.479. The molecule has 6 nitrogen and oxygen atoms in total. The van der Waals surface area contributed by atoms with Gasteiger partial charge in [0, 0.05) is 12.1 Å². The molecule has 1 aliphatic rings. The smallest absolute Gasteiger partial charge is 0.308 e. The average molecular weight is 365 g/mol. The summed E-state index contributed by atoms with van der Waals surface area (Å²) in [7, 11) is 1.30. The molecule has 0 aromatic heterocycles. The minimum absolute atomic E-state index is 0. The molecule has 1 aliphatic heterocycles. The topological polar surface area (TPSA) is 76.7 Å². The highest BCUT2D eigenvalue weighted by Gasteiger charge is 2.42. The molecule has 0 spiro atoms. The molecule has 1 atom stereocenters. The lowest BCUT2D eigenvalue weighted by Gasteiger charge is -2.12. The molecule has 134 valence electrons. The van der Waals surface area contributed by atoms with Crippen LogP contribution in [0.5, 0.6) is 5.75 Å². The number of methoxy groups -OCH3 is 1. The van der Waals surface area contributed by atoms with Gasteiger partial charge in [0.15, 0.2) is 0 Å². The molecule has 0 saturated carbocycles. The number of carbonyl (C=O) groups excluding carboxylic acids is 2. The molecule has 1 aromatic rings. The number of carbonyl (C=O) groups is 2. The SMILES string of the molecule is COC(=O)CCOc1ccc(NC(=O)C2CC(F)(F)CN2)cc1.Cl. The number of rotatable bonds is 6. The van der Waals surface area contributed by atoms with Gasteiger partial charge in [-0.1, -0.05) is 0 Å². The zero-order valence-corrected chi connectivity index (χ0v) is 13.8. The molecule has 1 aromatic carbocycles. The van der Waals surface area contributed by atoms with Crippen molar-refractivity contribution in [2.24, 2.45) is 0 Å². The lowest BCUT2D eigenvalue weighted by atomic mass is 10.2. The highest BCUT2D eigenvalue weighted by molar-refractivity contribution is 5.95. The van der Waals surface area contributed by atoms with Gasteiger partial charge in [-0.25, -0.2) is 8.78 Å². The molecule has 2 N–H and O–H groups in total. The summed E-state index contributed by atoms with van der Waals surface area (Å²) in [6.45, 7) is -0.308. The Hall–Kier alpha value is -1.93. The van der Waals surface area contributed by atoms with E-state index in [2.05, 4.69) is 15.4 Å². The number of hydrogen-bond donors (Lipinski definition) is 2. The summed E-state index contributed by atoms with van der Waals surface area (Å²) in [5.74, 6) is -3.19. The van der Waals surface area contributed by atoms with E-state index in [9.17, 15) is 18.4 Å². The van der Waals surface area contributed by atoms with Crippen molar-refractivity contribution in [3.63, 3.8) is 0 Å². The van der Waals surface area contributed by atoms with Crippen LogP contribution in [-0.4, -0.2) is 44.1 Å². The van der Waals surface area contributed by atoms with Crippen molar-refractivity contribution >= 4 is 30.0 Å². The molecule has 0 aliphatic carbocycles. The van der Waals surface area contributed by atoms with E-state index >= 15 is 0 Å². The Bertz CT molecular complexity index is 569. The highest BCUT2D eigenvalue weighted by Crippen LogP contribution is 2.26. The van der Waals surface area contributed by atoms with Gasteiger partial charge in [0.25, 0.3) is 5.92 Å². The van der Waals surface area contributed by atoms with Crippen LogP contribution in [0.25, 0.3) is 0 Å². The first-order valence-electron chi connectivity index (χ1n) is 7.11. The number of halogens is 3. The van der Waals surface area contributed by atoms with Crippen molar-refractivity contribution in [2.75, 3.05) is 25.6 Å². The zero-order valence-electron chi connectivity index (χ0n) is 13.0. The Morgan fingerprint density at radius 2 is 2.00 bits per heavy atom. The molecule has 1 saturated heterocycles. The molecule has 0 radical (unpaired) electrons. The lowest BCUT2D eigenvalue weighted by molar-refractivity contribution is -0.141. The van der Waals surface area contributed by atoms with Gasteiger partial charge in [-0.2, -0.15) is 0 Å². The fourth-order valence-electron chi connectivity index (χ4n) is 2.12. The van der Waals surface area contributed by atoms with Crippen LogP contribution in [0.1, 0.15) is 12.8 Å². The Balaban J connectivity index is 0.00000288. The third-order valence-electron chi connectivity index (χ3n) is 3.35. The second-order valence-electron chi connectivity index (χ2n) is 5.18. The van der Waals surface area contributed by atoms with E-state index in [4.69, 9.17) is 4.74 Å². The molecule has 1 unspecified atom stereocenters. The maximum absolute atomic E-state index is 13.1. The number of esters is 1. The van der Waals surface area contributed by atoms with E-state index in [-0.39, 0.29) is 31.4 Å². The number of nitrogens with one attached hydrogen (secondary N) is 2. The second-order valence-corrected chi connectivity index (χ2v) is 5.18. The van der Waals surface area contributed by atoms with Crippen molar-refractivity contribution < 1.29 is 27.8 Å². The first-order chi connectivity index (χ1) is 10.9. The molecule has 9 heteroatoms. The van der Waals surface area contributed by atoms with Crippen LogP contribution >= 0.6 is 12.4 Å². The third-order valence-corrected chi connectivity index (χ3v) is 3.35. The molecular weight excluding hydrogens is 346 g/mol. The van der Waals surface area contributed by atoms with Crippen LogP contribution in [0.15, 0.2) is 24.3 Å². The van der Waals surface area contributed by atoms with Crippen molar-refractivity contribution in [3.8, 4) is 5.75 Å². The summed E-state index contributed by atoms with van der Waals surface area (Å²) in [5, 5.41) is 5.06. The molecule has 1 fully saturated rings. The molecule has 1 amide bonds. The maximum Gasteiger partial charge on any atom is 0.308 e. The number of anilines is 1. The first-order valence-corrected chi connectivity index (χ1v) is 7.11. The molecule has 0 bridgehead atoms. The second kappa shape index (κ2) is 8.79. The van der Waals surface area contributed by atoms with E-state index in [1.807, 2.05) is 0 Å². The molecular formula is C15H19ClF2N2O4. The Kier molecular flexibility index (Phi) is 7.37. The van der Waals surface area contributed by atoms with Crippen LogP contribution in [0, 0.1) is 0 Å². The van der Waals surface area contributed by atoms with Crippen LogP contribution in [0.3, 0.4) is 0 Å². The standard InChI is InChI=1S/C15H18F2N2O4.ClH/c1-22-13(20)6-7-23-11-4-2-10(3-5-11)19-14(21)12-8-15(16,17)9-18-12;/h2-5,12,18H,6-9H2,1H3,(H,19,21);1H. The number of amides is 1. The predicted molar refractivity (Wildman–Crippen MR) is 85.8 cm³/mol. The maximum atomic E-state index is 13.1. The number of alkyl halides is 2. The van der Waals surface area contributed by atoms with Gasteiger partial charge >= 0.3 is 5.97 Å². The third kappa shape index (κ3) is 5.93. The summed E-state index contributed by atoms with van der Waals surface area (Å²) >= 11 is 0. The van der Waals surface area contributed by atoms with Crippen LogP contribution in [-0.2, 0) is 14.3 Å². The van der Waals surface area contributed by atoms with Crippen molar-refractivity contribution in [1.82, 2.24) is 5.32 Å².